The Kier molecular flexibility index (Phi) is 6.24. The Bertz CT molecular complexity index is 500. The quantitative estimate of drug-likeness (QED) is 0.808. The predicted molar refractivity (Wildman–Crippen MR) is 79.0 cm³/mol. The third-order valence-electron chi connectivity index (χ3n) is 3.77. The van der Waals surface area contributed by atoms with E-state index in [4.69, 9.17) is 5.11 Å². The molecule has 2 amide bonds. The third kappa shape index (κ3) is 6.01. The lowest BCUT2D eigenvalue weighted by Gasteiger charge is -2.36. The smallest absolute Gasteiger partial charge is 0.391 e. The summed E-state index contributed by atoms with van der Waals surface area (Å²) in [6.07, 6.45) is -5.39. The van der Waals surface area contributed by atoms with Crippen LogP contribution in [0.3, 0.4) is 0 Å². The van der Waals surface area contributed by atoms with E-state index in [2.05, 4.69) is 0 Å². The predicted octanol–water partition coefficient (Wildman–Crippen LogP) is 1.79. The van der Waals surface area contributed by atoms with Crippen molar-refractivity contribution in [1.29, 1.82) is 0 Å². The van der Waals surface area contributed by atoms with Crippen LogP contribution in [-0.2, 0) is 14.4 Å². The summed E-state index contributed by atoms with van der Waals surface area (Å²) in [5, 5.41) is 10.8. The summed E-state index contributed by atoms with van der Waals surface area (Å²) in [6, 6.07) is -2.02. The standard InChI is InChI=1S/C15H23F3N2O4/c1-14(2,3)13(24)20-6-4-5-9(8-20)11(21)19-10(12(22)23)7-15(16,17)18/h9-10H,4-8H2,1-3H3,(H,19,21)(H,22,23). The largest absolute Gasteiger partial charge is 0.480 e. The molecule has 0 aliphatic carbocycles. The summed E-state index contributed by atoms with van der Waals surface area (Å²) < 4.78 is 37.2. The highest BCUT2D eigenvalue weighted by molar-refractivity contribution is 5.86. The van der Waals surface area contributed by atoms with Gasteiger partial charge in [0.2, 0.25) is 11.8 Å². The number of aliphatic carboxylic acids is 1. The minimum atomic E-state index is -4.70. The lowest BCUT2D eigenvalue weighted by molar-refractivity contribution is -0.160. The fraction of sp³-hybridized carbons (Fsp3) is 0.800. The summed E-state index contributed by atoms with van der Waals surface area (Å²) in [4.78, 5) is 36.8. The molecule has 9 heteroatoms. The molecule has 6 nitrogen and oxygen atoms in total. The molecule has 1 fully saturated rings. The molecule has 1 aliphatic rings. The minimum Gasteiger partial charge on any atom is -0.480 e. The number of halogens is 3. The minimum absolute atomic E-state index is 0.0836. The number of hydrogen-bond donors (Lipinski definition) is 2. The number of hydrogen-bond acceptors (Lipinski definition) is 3. The van der Waals surface area contributed by atoms with E-state index in [-0.39, 0.29) is 12.5 Å². The summed E-state index contributed by atoms with van der Waals surface area (Å²) in [5.41, 5.74) is -0.627. The van der Waals surface area contributed by atoms with Gasteiger partial charge in [0.15, 0.2) is 0 Å². The maximum atomic E-state index is 12.4. The van der Waals surface area contributed by atoms with E-state index >= 15 is 0 Å². The fourth-order valence-corrected chi connectivity index (χ4v) is 2.57. The van der Waals surface area contributed by atoms with Crippen molar-refractivity contribution in [3.05, 3.63) is 0 Å². The molecule has 2 unspecified atom stereocenters. The number of carbonyl (C=O) groups excluding carboxylic acids is 2. The van der Waals surface area contributed by atoms with Gasteiger partial charge in [-0.05, 0) is 12.8 Å². The summed E-state index contributed by atoms with van der Waals surface area (Å²) >= 11 is 0. The number of piperidine rings is 1. The second kappa shape index (κ2) is 7.40. The molecule has 138 valence electrons. The van der Waals surface area contributed by atoms with Crippen LogP contribution in [-0.4, -0.2) is 53.1 Å². The highest BCUT2D eigenvalue weighted by Gasteiger charge is 2.38. The van der Waals surface area contributed by atoms with Crippen LogP contribution in [0.2, 0.25) is 0 Å². The van der Waals surface area contributed by atoms with Gasteiger partial charge in [0.25, 0.3) is 0 Å². The van der Waals surface area contributed by atoms with Crippen molar-refractivity contribution in [2.24, 2.45) is 11.3 Å². The van der Waals surface area contributed by atoms with Crippen LogP contribution in [0.15, 0.2) is 0 Å². The summed E-state index contributed by atoms with van der Waals surface area (Å²) in [6.45, 7) is 5.78. The van der Waals surface area contributed by atoms with Gasteiger partial charge >= 0.3 is 12.1 Å². The number of alkyl halides is 3. The topological polar surface area (TPSA) is 86.7 Å². The van der Waals surface area contributed by atoms with Crippen molar-refractivity contribution in [2.45, 2.75) is 52.3 Å². The Balaban J connectivity index is 2.72. The van der Waals surface area contributed by atoms with Crippen molar-refractivity contribution < 1.29 is 32.7 Å². The molecular formula is C15H23F3N2O4. The third-order valence-corrected chi connectivity index (χ3v) is 3.77. The molecule has 0 spiro atoms. The molecule has 0 bridgehead atoms. The number of carbonyl (C=O) groups is 3. The fourth-order valence-electron chi connectivity index (χ4n) is 2.57. The van der Waals surface area contributed by atoms with Crippen molar-refractivity contribution in [3.8, 4) is 0 Å². The second-order valence-electron chi connectivity index (χ2n) is 7.06. The number of amides is 2. The monoisotopic (exact) mass is 352 g/mol. The molecule has 1 aliphatic heterocycles. The molecule has 24 heavy (non-hydrogen) atoms. The zero-order valence-corrected chi connectivity index (χ0v) is 13.9. The molecule has 0 radical (unpaired) electrons. The van der Waals surface area contributed by atoms with E-state index in [0.29, 0.717) is 19.4 Å². The van der Waals surface area contributed by atoms with E-state index < -0.39 is 41.8 Å². The average Bonchev–Trinajstić information content (AvgIpc) is 2.43. The number of rotatable bonds is 4. The second-order valence-corrected chi connectivity index (χ2v) is 7.06. The highest BCUT2D eigenvalue weighted by atomic mass is 19.4. The molecule has 2 atom stereocenters. The molecule has 0 aromatic carbocycles. The number of nitrogens with one attached hydrogen (secondary N) is 1. The maximum absolute atomic E-state index is 12.4. The number of carboxylic acid groups (broad SMARTS) is 1. The zero-order chi connectivity index (χ0) is 18.7. The summed E-state index contributed by atoms with van der Waals surface area (Å²) in [7, 11) is 0. The summed E-state index contributed by atoms with van der Waals surface area (Å²) in [5.74, 6) is -3.36. The van der Waals surface area contributed by atoms with Crippen LogP contribution >= 0.6 is 0 Å². The van der Waals surface area contributed by atoms with Crippen molar-refractivity contribution in [1.82, 2.24) is 10.2 Å². The van der Waals surface area contributed by atoms with E-state index in [1.807, 2.05) is 5.32 Å². The normalized spacial score (nSPS) is 20.4. The Labute approximate surface area is 138 Å². The van der Waals surface area contributed by atoms with Gasteiger partial charge in [-0.1, -0.05) is 20.8 Å². The molecule has 1 rings (SSSR count). The van der Waals surface area contributed by atoms with Crippen molar-refractivity contribution in [2.75, 3.05) is 13.1 Å². The Morgan fingerprint density at radius 1 is 1.25 bits per heavy atom. The first-order valence-electron chi connectivity index (χ1n) is 7.70. The zero-order valence-electron chi connectivity index (χ0n) is 13.9. The van der Waals surface area contributed by atoms with Crippen LogP contribution in [0, 0.1) is 11.3 Å². The Hall–Kier alpha value is -1.80. The van der Waals surface area contributed by atoms with E-state index in [1.54, 1.807) is 20.8 Å². The van der Waals surface area contributed by atoms with Gasteiger partial charge in [-0.2, -0.15) is 13.2 Å². The first kappa shape index (κ1) is 20.2. The van der Waals surface area contributed by atoms with Gasteiger partial charge in [-0.15, -0.1) is 0 Å². The average molecular weight is 352 g/mol. The molecule has 1 heterocycles. The van der Waals surface area contributed by atoms with E-state index in [1.165, 1.54) is 4.90 Å². The van der Waals surface area contributed by atoms with Crippen LogP contribution in [0.1, 0.15) is 40.0 Å². The van der Waals surface area contributed by atoms with Gasteiger partial charge in [0.05, 0.1) is 12.3 Å². The molecule has 0 aromatic rings. The SMILES string of the molecule is CC(C)(C)C(=O)N1CCCC(C(=O)NC(CC(F)(F)F)C(=O)O)C1. The van der Waals surface area contributed by atoms with Crippen molar-refractivity contribution >= 4 is 17.8 Å². The molecule has 0 aromatic heterocycles. The Morgan fingerprint density at radius 3 is 2.29 bits per heavy atom. The molecule has 0 saturated carbocycles. The number of nitrogens with zero attached hydrogens (tertiary/aromatic N) is 1. The number of carboxylic acids is 1. The first-order chi connectivity index (χ1) is 10.8. The first-order valence-corrected chi connectivity index (χ1v) is 7.70. The number of likely N-dealkylation sites (tertiary alicyclic amines) is 1. The van der Waals surface area contributed by atoms with Crippen molar-refractivity contribution in [3.63, 3.8) is 0 Å². The van der Waals surface area contributed by atoms with Gasteiger partial charge in [0, 0.05) is 18.5 Å². The lowest BCUT2D eigenvalue weighted by atomic mass is 9.90. The highest BCUT2D eigenvalue weighted by Crippen LogP contribution is 2.25. The van der Waals surface area contributed by atoms with Gasteiger partial charge in [0.1, 0.15) is 6.04 Å². The molecule has 1 saturated heterocycles. The van der Waals surface area contributed by atoms with Gasteiger partial charge in [-0.3, -0.25) is 9.59 Å². The maximum Gasteiger partial charge on any atom is 0.391 e. The van der Waals surface area contributed by atoms with Crippen LogP contribution in [0.25, 0.3) is 0 Å². The molecule has 2 N–H and O–H groups in total. The Morgan fingerprint density at radius 2 is 1.83 bits per heavy atom. The van der Waals surface area contributed by atoms with Gasteiger partial charge in [-0.25, -0.2) is 4.79 Å². The van der Waals surface area contributed by atoms with Crippen LogP contribution in [0.5, 0.6) is 0 Å². The van der Waals surface area contributed by atoms with Crippen LogP contribution < -0.4 is 5.32 Å². The van der Waals surface area contributed by atoms with Gasteiger partial charge < -0.3 is 15.3 Å². The molecular weight excluding hydrogens is 329 g/mol. The van der Waals surface area contributed by atoms with Crippen LogP contribution in [0.4, 0.5) is 13.2 Å². The van der Waals surface area contributed by atoms with E-state index in [0.717, 1.165) is 0 Å². The lowest BCUT2D eigenvalue weighted by Crippen LogP contribution is -2.51. The van der Waals surface area contributed by atoms with E-state index in [9.17, 15) is 27.6 Å².